The van der Waals surface area contributed by atoms with Gasteiger partial charge in [-0.25, -0.2) is 0 Å². The van der Waals surface area contributed by atoms with Crippen LogP contribution in [0.2, 0.25) is 0 Å². The van der Waals surface area contributed by atoms with Gasteiger partial charge in [0.2, 0.25) is 0 Å². The van der Waals surface area contributed by atoms with E-state index in [4.69, 9.17) is 4.74 Å². The smallest absolute Gasteiger partial charge is 0.119 e. The summed E-state index contributed by atoms with van der Waals surface area (Å²) in [5.41, 5.74) is 0.864. The molecule has 2 heterocycles. The summed E-state index contributed by atoms with van der Waals surface area (Å²) in [5.74, 6) is 0.768. The minimum Gasteiger partial charge on any atom is -0.497 e. The molecule has 0 fully saturated rings. The summed E-state index contributed by atoms with van der Waals surface area (Å²) >= 11 is 3.34. The van der Waals surface area contributed by atoms with E-state index in [-0.39, 0.29) is 0 Å². The molecule has 3 rings (SSSR count). The van der Waals surface area contributed by atoms with Gasteiger partial charge in [0.15, 0.2) is 0 Å². The van der Waals surface area contributed by atoms with Crippen LogP contribution in [0.15, 0.2) is 41.8 Å². The Morgan fingerprint density at radius 1 is 1.17 bits per heavy atom. The third-order valence-corrected chi connectivity index (χ3v) is 4.98. The minimum absolute atomic E-state index is 0.579. The Labute approximate surface area is 113 Å². The summed E-state index contributed by atoms with van der Waals surface area (Å²) in [6, 6.07) is 11.7. The van der Waals surface area contributed by atoms with Crippen molar-refractivity contribution in [1.82, 2.24) is 0 Å². The summed E-state index contributed by atoms with van der Waals surface area (Å²) < 4.78 is 7.65. The highest BCUT2D eigenvalue weighted by Crippen LogP contribution is 2.36. The SMILES string of the molecule is COc1cccc(C(O)c2cc3sccc3s2)c1. The van der Waals surface area contributed by atoms with Crippen molar-refractivity contribution in [2.45, 2.75) is 6.10 Å². The maximum Gasteiger partial charge on any atom is 0.119 e. The summed E-state index contributed by atoms with van der Waals surface area (Å²) in [5, 5.41) is 12.5. The zero-order valence-corrected chi connectivity index (χ0v) is 11.4. The van der Waals surface area contributed by atoms with Crippen molar-refractivity contribution in [2.75, 3.05) is 7.11 Å². The fourth-order valence-corrected chi connectivity index (χ4v) is 4.03. The molecule has 1 aromatic carbocycles. The van der Waals surface area contributed by atoms with Crippen LogP contribution in [-0.4, -0.2) is 12.2 Å². The molecule has 0 bridgehead atoms. The molecule has 0 amide bonds. The number of ether oxygens (including phenoxy) is 1. The predicted octanol–water partition coefficient (Wildman–Crippen LogP) is 4.05. The van der Waals surface area contributed by atoms with E-state index >= 15 is 0 Å². The zero-order valence-electron chi connectivity index (χ0n) is 9.79. The van der Waals surface area contributed by atoms with E-state index in [1.54, 1.807) is 29.8 Å². The van der Waals surface area contributed by atoms with E-state index in [0.717, 1.165) is 16.2 Å². The maximum atomic E-state index is 10.4. The van der Waals surface area contributed by atoms with E-state index in [9.17, 15) is 5.11 Å². The zero-order chi connectivity index (χ0) is 12.5. The van der Waals surface area contributed by atoms with E-state index in [1.807, 2.05) is 24.3 Å². The lowest BCUT2D eigenvalue weighted by molar-refractivity contribution is 0.223. The molecule has 0 saturated carbocycles. The summed E-state index contributed by atoms with van der Waals surface area (Å²) in [6.07, 6.45) is -0.579. The van der Waals surface area contributed by atoms with Crippen LogP contribution in [0.1, 0.15) is 16.5 Å². The van der Waals surface area contributed by atoms with Crippen LogP contribution in [0, 0.1) is 0 Å². The Morgan fingerprint density at radius 3 is 2.83 bits per heavy atom. The average molecular weight is 276 g/mol. The second kappa shape index (κ2) is 4.72. The van der Waals surface area contributed by atoms with Gasteiger partial charge < -0.3 is 9.84 Å². The third kappa shape index (κ3) is 2.03. The van der Waals surface area contributed by atoms with Gasteiger partial charge in [0.05, 0.1) is 7.11 Å². The average Bonchev–Trinajstić information content (AvgIpc) is 2.98. The molecule has 2 aromatic heterocycles. The molecule has 1 atom stereocenters. The fraction of sp³-hybridized carbons (Fsp3) is 0.143. The van der Waals surface area contributed by atoms with Crippen LogP contribution in [0.3, 0.4) is 0 Å². The Balaban J connectivity index is 1.97. The topological polar surface area (TPSA) is 29.5 Å². The maximum absolute atomic E-state index is 10.4. The third-order valence-electron chi connectivity index (χ3n) is 2.84. The second-order valence-corrected chi connectivity index (χ2v) is 6.04. The van der Waals surface area contributed by atoms with E-state index < -0.39 is 6.10 Å². The molecule has 2 nitrogen and oxygen atoms in total. The predicted molar refractivity (Wildman–Crippen MR) is 76.8 cm³/mol. The van der Waals surface area contributed by atoms with Gasteiger partial charge in [-0.15, -0.1) is 22.7 Å². The summed E-state index contributed by atoms with van der Waals surface area (Å²) in [7, 11) is 1.63. The molecule has 0 aliphatic rings. The van der Waals surface area contributed by atoms with Crippen LogP contribution in [-0.2, 0) is 0 Å². The highest BCUT2D eigenvalue weighted by Gasteiger charge is 2.14. The Kier molecular flexibility index (Phi) is 3.07. The van der Waals surface area contributed by atoms with Crippen molar-refractivity contribution in [2.24, 2.45) is 0 Å². The number of aliphatic hydroxyl groups excluding tert-OH is 1. The van der Waals surface area contributed by atoms with Crippen molar-refractivity contribution in [3.05, 3.63) is 52.2 Å². The molecule has 0 aliphatic carbocycles. The Morgan fingerprint density at radius 2 is 2.06 bits per heavy atom. The molecule has 0 saturated heterocycles. The van der Waals surface area contributed by atoms with Gasteiger partial charge in [0.25, 0.3) is 0 Å². The number of thiophene rings is 2. The second-order valence-electron chi connectivity index (χ2n) is 3.98. The molecule has 0 aliphatic heterocycles. The molecular formula is C14H12O2S2. The molecule has 4 heteroatoms. The Hall–Kier alpha value is -1.36. The first kappa shape index (κ1) is 11.7. The Bertz CT molecular complexity index is 641. The number of rotatable bonds is 3. The van der Waals surface area contributed by atoms with E-state index in [1.165, 1.54) is 9.40 Å². The number of hydrogen-bond acceptors (Lipinski definition) is 4. The van der Waals surface area contributed by atoms with E-state index in [0.29, 0.717) is 0 Å². The molecule has 18 heavy (non-hydrogen) atoms. The van der Waals surface area contributed by atoms with Crippen molar-refractivity contribution in [3.63, 3.8) is 0 Å². The lowest BCUT2D eigenvalue weighted by Gasteiger charge is -2.10. The number of hydrogen-bond donors (Lipinski definition) is 1. The first-order chi connectivity index (χ1) is 8.78. The van der Waals surface area contributed by atoms with Crippen molar-refractivity contribution >= 4 is 32.1 Å². The lowest BCUT2D eigenvalue weighted by atomic mass is 10.1. The molecular weight excluding hydrogens is 264 g/mol. The van der Waals surface area contributed by atoms with Crippen LogP contribution in [0.25, 0.3) is 9.40 Å². The number of aliphatic hydroxyl groups is 1. The van der Waals surface area contributed by atoms with Gasteiger partial charge in [-0.3, -0.25) is 0 Å². The van der Waals surface area contributed by atoms with Gasteiger partial charge in [0.1, 0.15) is 11.9 Å². The largest absolute Gasteiger partial charge is 0.497 e. The van der Waals surface area contributed by atoms with Crippen LogP contribution >= 0.6 is 22.7 Å². The lowest BCUT2D eigenvalue weighted by Crippen LogP contribution is -1.97. The molecule has 1 N–H and O–H groups in total. The molecule has 1 unspecified atom stereocenters. The first-order valence-corrected chi connectivity index (χ1v) is 7.26. The van der Waals surface area contributed by atoms with Gasteiger partial charge in [0, 0.05) is 14.3 Å². The molecule has 0 radical (unpaired) electrons. The highest BCUT2D eigenvalue weighted by atomic mass is 32.1. The molecule has 3 aromatic rings. The van der Waals surface area contributed by atoms with Crippen LogP contribution in [0.4, 0.5) is 0 Å². The standard InChI is InChI=1S/C14H12O2S2/c1-16-10-4-2-3-9(7-10)14(15)13-8-12-11(18-13)5-6-17-12/h2-8,14-15H,1H3. The van der Waals surface area contributed by atoms with Crippen molar-refractivity contribution < 1.29 is 9.84 Å². The normalized spacial score (nSPS) is 12.8. The number of methoxy groups -OCH3 is 1. The summed E-state index contributed by atoms with van der Waals surface area (Å²) in [4.78, 5) is 0.977. The van der Waals surface area contributed by atoms with Crippen LogP contribution in [0.5, 0.6) is 5.75 Å². The monoisotopic (exact) mass is 276 g/mol. The number of fused-ring (bicyclic) bond motifs is 1. The molecule has 0 spiro atoms. The van der Waals surface area contributed by atoms with Crippen LogP contribution < -0.4 is 4.74 Å². The van der Waals surface area contributed by atoms with Gasteiger partial charge >= 0.3 is 0 Å². The fourth-order valence-electron chi connectivity index (χ4n) is 1.90. The highest BCUT2D eigenvalue weighted by molar-refractivity contribution is 7.26. The van der Waals surface area contributed by atoms with Crippen molar-refractivity contribution in [3.8, 4) is 5.75 Å². The first-order valence-electron chi connectivity index (χ1n) is 5.57. The summed E-state index contributed by atoms with van der Waals surface area (Å²) in [6.45, 7) is 0. The minimum atomic E-state index is -0.579. The number of benzene rings is 1. The molecule has 92 valence electrons. The quantitative estimate of drug-likeness (QED) is 0.782. The van der Waals surface area contributed by atoms with Gasteiger partial charge in [-0.2, -0.15) is 0 Å². The van der Waals surface area contributed by atoms with Gasteiger partial charge in [-0.1, -0.05) is 12.1 Å². The van der Waals surface area contributed by atoms with E-state index in [2.05, 4.69) is 17.5 Å². The van der Waals surface area contributed by atoms with Crippen molar-refractivity contribution in [1.29, 1.82) is 0 Å². The van der Waals surface area contributed by atoms with Gasteiger partial charge in [-0.05, 0) is 35.2 Å².